The average Bonchev–Trinajstić information content (AvgIpc) is 3.79. The van der Waals surface area contributed by atoms with Gasteiger partial charge in [0, 0.05) is 22.0 Å². The molecule has 1 spiro atoms. The lowest BCUT2D eigenvalue weighted by Gasteiger charge is -2.27. The lowest BCUT2D eigenvalue weighted by atomic mass is 9.73. The monoisotopic (exact) mass is 563 g/mol. The molecule has 208 valence electrons. The number of imidazole rings is 1. The molecule has 1 aliphatic carbocycles. The molecule has 0 bridgehead atoms. The normalized spacial score (nSPS) is 13.5. The third-order valence-corrected chi connectivity index (χ3v) is 9.56. The summed E-state index contributed by atoms with van der Waals surface area (Å²) in [5.74, 6) is 1.08. The van der Waals surface area contributed by atoms with Crippen LogP contribution in [-0.2, 0) is 5.41 Å². The standard InChI is InChI=1S/C39H25N3.C2H4/c1-24-18-20-35-29(22-24)28-12-4-8-16-34(28)41(35)25-19-21-36-32(23-25)39(38-40-33-15-7-9-17-37(33)42(36)38)30-13-5-2-10-26(30)27-11-3-6-14-31(27)39;1-2/h2-23H,1H3;1-2H2. The van der Waals surface area contributed by atoms with E-state index in [2.05, 4.69) is 163 Å². The highest BCUT2D eigenvalue weighted by molar-refractivity contribution is 6.09. The molecular weight excluding hydrogens is 534 g/mol. The van der Waals surface area contributed by atoms with Crippen LogP contribution in [0.15, 0.2) is 147 Å². The Morgan fingerprint density at radius 3 is 1.95 bits per heavy atom. The predicted octanol–water partition coefficient (Wildman–Crippen LogP) is 9.91. The largest absolute Gasteiger partial charge is 0.309 e. The van der Waals surface area contributed by atoms with Gasteiger partial charge in [0.2, 0.25) is 0 Å². The Morgan fingerprint density at radius 1 is 0.545 bits per heavy atom. The van der Waals surface area contributed by atoms with E-state index in [9.17, 15) is 0 Å². The summed E-state index contributed by atoms with van der Waals surface area (Å²) in [7, 11) is 0. The van der Waals surface area contributed by atoms with Crippen LogP contribution in [0.4, 0.5) is 0 Å². The Morgan fingerprint density at radius 2 is 1.18 bits per heavy atom. The van der Waals surface area contributed by atoms with E-state index in [1.54, 1.807) is 0 Å². The second-order valence-corrected chi connectivity index (χ2v) is 11.7. The number of benzene rings is 6. The molecule has 2 aliphatic rings. The summed E-state index contributed by atoms with van der Waals surface area (Å²) in [4.78, 5) is 5.40. The molecular formula is C41H29N3. The molecule has 0 fully saturated rings. The SMILES string of the molecule is C=C.Cc1ccc2c(c1)c1ccccc1n2-c1ccc2c(c1)C1(c3ccccc3-c3ccccc31)c1nc3ccccc3n1-2. The van der Waals surface area contributed by atoms with Gasteiger partial charge >= 0.3 is 0 Å². The molecule has 0 unspecified atom stereocenters. The van der Waals surface area contributed by atoms with Crippen LogP contribution in [0.3, 0.4) is 0 Å². The summed E-state index contributed by atoms with van der Waals surface area (Å²) in [6.45, 7) is 8.17. The van der Waals surface area contributed by atoms with Crippen molar-refractivity contribution in [2.24, 2.45) is 0 Å². The van der Waals surface area contributed by atoms with Crippen LogP contribution in [-0.4, -0.2) is 14.1 Å². The summed E-state index contributed by atoms with van der Waals surface area (Å²) in [5.41, 5.74) is 14.2. The van der Waals surface area contributed by atoms with E-state index in [4.69, 9.17) is 4.98 Å². The van der Waals surface area contributed by atoms with Gasteiger partial charge in [0.25, 0.3) is 0 Å². The highest BCUT2D eigenvalue weighted by Crippen LogP contribution is 2.60. The Labute approximate surface area is 256 Å². The second kappa shape index (κ2) is 8.92. The van der Waals surface area contributed by atoms with E-state index in [1.807, 2.05) is 0 Å². The highest BCUT2D eigenvalue weighted by atomic mass is 15.1. The smallest absolute Gasteiger partial charge is 0.134 e. The molecule has 0 atom stereocenters. The minimum Gasteiger partial charge on any atom is -0.309 e. The van der Waals surface area contributed by atoms with Gasteiger partial charge in [0.1, 0.15) is 11.2 Å². The molecule has 2 aromatic heterocycles. The first-order valence-electron chi connectivity index (χ1n) is 15.1. The molecule has 0 saturated heterocycles. The molecule has 0 N–H and O–H groups in total. The third-order valence-electron chi connectivity index (χ3n) is 9.56. The van der Waals surface area contributed by atoms with Crippen LogP contribution < -0.4 is 0 Å². The van der Waals surface area contributed by atoms with Crippen molar-refractivity contribution in [2.75, 3.05) is 0 Å². The summed E-state index contributed by atoms with van der Waals surface area (Å²) < 4.78 is 4.84. The molecule has 0 amide bonds. The fourth-order valence-corrected chi connectivity index (χ4v) is 7.93. The van der Waals surface area contributed by atoms with Crippen molar-refractivity contribution >= 4 is 32.8 Å². The summed E-state index contributed by atoms with van der Waals surface area (Å²) in [6.07, 6.45) is 0. The van der Waals surface area contributed by atoms with Gasteiger partial charge in [0.05, 0.1) is 27.8 Å². The van der Waals surface area contributed by atoms with Gasteiger partial charge in [-0.2, -0.15) is 0 Å². The average molecular weight is 564 g/mol. The zero-order valence-corrected chi connectivity index (χ0v) is 24.5. The van der Waals surface area contributed by atoms with E-state index in [1.165, 1.54) is 66.6 Å². The van der Waals surface area contributed by atoms with Crippen molar-refractivity contribution in [1.82, 2.24) is 14.1 Å². The van der Waals surface area contributed by atoms with Crippen molar-refractivity contribution in [1.29, 1.82) is 0 Å². The van der Waals surface area contributed by atoms with Crippen LogP contribution in [0, 0.1) is 6.92 Å². The van der Waals surface area contributed by atoms with Crippen molar-refractivity contribution in [2.45, 2.75) is 12.3 Å². The molecule has 6 aromatic carbocycles. The number of para-hydroxylation sites is 3. The van der Waals surface area contributed by atoms with Crippen LogP contribution in [0.5, 0.6) is 0 Å². The summed E-state index contributed by atoms with van der Waals surface area (Å²) in [6, 6.07) is 49.0. The number of rotatable bonds is 1. The second-order valence-electron chi connectivity index (χ2n) is 11.7. The molecule has 0 saturated carbocycles. The molecule has 8 aromatic rings. The number of aromatic nitrogens is 3. The first kappa shape index (κ1) is 24.9. The Kier molecular flexibility index (Phi) is 5.04. The van der Waals surface area contributed by atoms with Crippen molar-refractivity contribution in [3.63, 3.8) is 0 Å². The van der Waals surface area contributed by atoms with Gasteiger partial charge in [-0.15, -0.1) is 13.2 Å². The lowest BCUT2D eigenvalue weighted by Crippen LogP contribution is -2.27. The summed E-state index contributed by atoms with van der Waals surface area (Å²) in [5, 5.41) is 2.57. The van der Waals surface area contributed by atoms with Crippen molar-refractivity contribution < 1.29 is 0 Å². The van der Waals surface area contributed by atoms with Crippen LogP contribution in [0.1, 0.15) is 28.1 Å². The maximum absolute atomic E-state index is 5.40. The van der Waals surface area contributed by atoms with Gasteiger partial charge < -0.3 is 4.57 Å². The fraction of sp³-hybridized carbons (Fsp3) is 0.0488. The Hall–Kier alpha value is -5.67. The fourth-order valence-electron chi connectivity index (χ4n) is 7.93. The zero-order valence-electron chi connectivity index (χ0n) is 24.5. The van der Waals surface area contributed by atoms with E-state index < -0.39 is 5.41 Å². The van der Waals surface area contributed by atoms with Gasteiger partial charge in [0.15, 0.2) is 0 Å². The Balaban J connectivity index is 0.00000133. The first-order chi connectivity index (χ1) is 21.7. The molecule has 10 rings (SSSR count). The van der Waals surface area contributed by atoms with E-state index in [0.717, 1.165) is 16.9 Å². The maximum Gasteiger partial charge on any atom is 0.134 e. The van der Waals surface area contributed by atoms with Crippen molar-refractivity contribution in [3.05, 3.63) is 175 Å². The van der Waals surface area contributed by atoms with Crippen LogP contribution in [0.2, 0.25) is 0 Å². The number of hydrogen-bond donors (Lipinski definition) is 0. The molecule has 1 aliphatic heterocycles. The first-order valence-corrected chi connectivity index (χ1v) is 15.1. The number of nitrogens with zero attached hydrogens (tertiary/aromatic N) is 3. The summed E-state index contributed by atoms with van der Waals surface area (Å²) >= 11 is 0. The van der Waals surface area contributed by atoms with E-state index in [0.29, 0.717) is 0 Å². The minimum absolute atomic E-state index is 0.507. The molecule has 3 heteroatoms. The van der Waals surface area contributed by atoms with Gasteiger partial charge in [-0.3, -0.25) is 4.57 Å². The van der Waals surface area contributed by atoms with Crippen LogP contribution in [0.25, 0.3) is 55.3 Å². The number of aryl methyl sites for hydroxylation is 1. The van der Waals surface area contributed by atoms with Gasteiger partial charge in [-0.25, -0.2) is 4.98 Å². The Bertz CT molecular complexity index is 2410. The third kappa shape index (κ3) is 2.93. The molecule has 44 heavy (non-hydrogen) atoms. The molecule has 3 heterocycles. The lowest BCUT2D eigenvalue weighted by molar-refractivity contribution is 0.737. The van der Waals surface area contributed by atoms with Gasteiger partial charge in [-0.05, 0) is 77.7 Å². The quantitative estimate of drug-likeness (QED) is 0.182. The topological polar surface area (TPSA) is 22.8 Å². The maximum atomic E-state index is 5.40. The van der Waals surface area contributed by atoms with E-state index in [-0.39, 0.29) is 0 Å². The highest BCUT2D eigenvalue weighted by Gasteiger charge is 2.54. The van der Waals surface area contributed by atoms with Crippen LogP contribution >= 0.6 is 0 Å². The zero-order chi connectivity index (χ0) is 29.6. The number of fused-ring (bicyclic) bond motifs is 15. The van der Waals surface area contributed by atoms with Crippen molar-refractivity contribution in [3.8, 4) is 22.5 Å². The minimum atomic E-state index is -0.507. The molecule has 3 nitrogen and oxygen atoms in total. The van der Waals surface area contributed by atoms with Gasteiger partial charge in [-0.1, -0.05) is 90.5 Å². The number of hydrogen-bond acceptors (Lipinski definition) is 1. The predicted molar refractivity (Wildman–Crippen MR) is 182 cm³/mol. The molecule has 0 radical (unpaired) electrons. The van der Waals surface area contributed by atoms with E-state index >= 15 is 0 Å².